The van der Waals surface area contributed by atoms with Gasteiger partial charge in [0, 0.05) is 6.54 Å². The Labute approximate surface area is 135 Å². The maximum absolute atomic E-state index is 12.7. The number of esters is 1. The molecule has 20 heavy (non-hydrogen) atoms. The number of ether oxygens (including phenoxy) is 1. The van der Waals surface area contributed by atoms with E-state index in [1.807, 2.05) is 41.5 Å². The molecule has 0 bridgehead atoms. The molecule has 0 radical (unpaired) electrons. The van der Waals surface area contributed by atoms with Crippen LogP contribution in [-0.4, -0.2) is 34.6 Å². The summed E-state index contributed by atoms with van der Waals surface area (Å²) < 4.78 is 10.4. The first kappa shape index (κ1) is 17.5. The molecular formula is C14H24INO4. The summed E-state index contributed by atoms with van der Waals surface area (Å²) in [6.07, 6.45) is 0.609. The number of hydrogen-bond donors (Lipinski definition) is 0. The molecule has 0 saturated carbocycles. The number of carbonyl (C=O) groups excluding carboxylic acids is 2. The van der Waals surface area contributed by atoms with E-state index in [4.69, 9.17) is 7.80 Å². The smallest absolute Gasteiger partial charge is 0.420 e. The van der Waals surface area contributed by atoms with Gasteiger partial charge in [-0.15, -0.1) is 0 Å². The zero-order valence-corrected chi connectivity index (χ0v) is 15.2. The Bertz CT molecular complexity index is 402. The normalized spacial score (nSPS) is 25.4. The Morgan fingerprint density at radius 3 is 2.25 bits per heavy atom. The van der Waals surface area contributed by atoms with Crippen molar-refractivity contribution in [2.24, 2.45) is 5.41 Å². The minimum atomic E-state index is -0.932. The highest BCUT2D eigenvalue weighted by Gasteiger charge is 2.57. The summed E-state index contributed by atoms with van der Waals surface area (Å²) in [6.45, 7) is 12.0. The van der Waals surface area contributed by atoms with E-state index < -0.39 is 17.2 Å². The van der Waals surface area contributed by atoms with Gasteiger partial charge in [-0.2, -0.15) is 0 Å². The molecule has 1 aliphatic rings. The van der Waals surface area contributed by atoms with Gasteiger partial charge in [-0.3, -0.25) is 4.90 Å². The van der Waals surface area contributed by atoms with Gasteiger partial charge in [-0.25, -0.2) is 9.59 Å². The van der Waals surface area contributed by atoms with Crippen LogP contribution < -0.4 is 0 Å². The third-order valence-corrected chi connectivity index (χ3v) is 3.90. The second-order valence-electron chi connectivity index (χ2n) is 7.16. The molecule has 1 atom stereocenters. The van der Waals surface area contributed by atoms with Crippen LogP contribution in [-0.2, 0) is 12.6 Å². The summed E-state index contributed by atoms with van der Waals surface area (Å²) in [5, 5.41) is 0. The van der Waals surface area contributed by atoms with E-state index in [1.165, 1.54) is 4.90 Å². The highest BCUT2D eigenvalue weighted by atomic mass is 127. The molecule has 1 saturated heterocycles. The van der Waals surface area contributed by atoms with E-state index in [-0.39, 0.29) is 11.4 Å². The predicted molar refractivity (Wildman–Crippen MR) is 84.5 cm³/mol. The van der Waals surface area contributed by atoms with Crippen molar-refractivity contribution in [1.29, 1.82) is 0 Å². The van der Waals surface area contributed by atoms with E-state index >= 15 is 0 Å². The summed E-state index contributed by atoms with van der Waals surface area (Å²) in [5.41, 5.74) is -1.65. The molecule has 0 spiro atoms. The van der Waals surface area contributed by atoms with Gasteiger partial charge in [0.05, 0.1) is 0 Å². The predicted octanol–water partition coefficient (Wildman–Crippen LogP) is 3.70. The average molecular weight is 397 g/mol. The van der Waals surface area contributed by atoms with Crippen LogP contribution >= 0.6 is 23.0 Å². The lowest BCUT2D eigenvalue weighted by molar-refractivity contribution is -0.167. The molecule has 0 aromatic rings. The highest BCUT2D eigenvalue weighted by molar-refractivity contribution is 14.1. The van der Waals surface area contributed by atoms with Crippen molar-refractivity contribution in [2.75, 3.05) is 6.54 Å². The molecule has 0 aromatic carbocycles. The number of hydrogen-bond acceptors (Lipinski definition) is 4. The van der Waals surface area contributed by atoms with E-state index in [1.54, 1.807) is 23.0 Å². The Morgan fingerprint density at radius 1 is 1.30 bits per heavy atom. The first-order valence-electron chi connectivity index (χ1n) is 6.81. The lowest BCUT2D eigenvalue weighted by Crippen LogP contribution is -2.54. The van der Waals surface area contributed by atoms with Crippen molar-refractivity contribution in [3.05, 3.63) is 0 Å². The van der Waals surface area contributed by atoms with Gasteiger partial charge in [0.15, 0.2) is 23.0 Å². The van der Waals surface area contributed by atoms with E-state index in [0.29, 0.717) is 19.4 Å². The maximum Gasteiger partial charge on any atom is 0.420 e. The van der Waals surface area contributed by atoms with Crippen molar-refractivity contribution in [3.63, 3.8) is 0 Å². The number of amides is 1. The van der Waals surface area contributed by atoms with Crippen LogP contribution in [0, 0.1) is 5.41 Å². The molecule has 1 rings (SSSR count). The fourth-order valence-corrected chi connectivity index (χ4v) is 3.06. The fourth-order valence-electron chi connectivity index (χ4n) is 2.82. The summed E-state index contributed by atoms with van der Waals surface area (Å²) >= 11 is 1.56. The van der Waals surface area contributed by atoms with Gasteiger partial charge >= 0.3 is 12.1 Å². The van der Waals surface area contributed by atoms with Crippen LogP contribution in [0.4, 0.5) is 4.79 Å². The summed E-state index contributed by atoms with van der Waals surface area (Å²) in [6, 6.07) is 0. The van der Waals surface area contributed by atoms with E-state index in [0.717, 1.165) is 0 Å². The minimum Gasteiger partial charge on any atom is -0.458 e. The Hall–Kier alpha value is -0.530. The van der Waals surface area contributed by atoms with Crippen molar-refractivity contribution in [1.82, 2.24) is 4.90 Å². The molecule has 1 amide bonds. The molecular weight excluding hydrogens is 373 g/mol. The van der Waals surface area contributed by atoms with Crippen molar-refractivity contribution in [3.8, 4) is 0 Å². The topological polar surface area (TPSA) is 55.8 Å². The zero-order valence-electron chi connectivity index (χ0n) is 13.1. The highest BCUT2D eigenvalue weighted by Crippen LogP contribution is 2.45. The van der Waals surface area contributed by atoms with Gasteiger partial charge < -0.3 is 7.80 Å². The third kappa shape index (κ3) is 3.56. The summed E-state index contributed by atoms with van der Waals surface area (Å²) in [7, 11) is 0. The first-order valence-corrected chi connectivity index (χ1v) is 7.69. The minimum absolute atomic E-state index is 0.141. The molecule has 1 fully saturated rings. The SMILES string of the molecule is CCC1(C(=O)OC(C)(C)C)CC(C)(C)CN1C(=O)OI. The molecule has 116 valence electrons. The molecule has 1 aliphatic heterocycles. The molecule has 0 aromatic heterocycles. The molecule has 0 N–H and O–H groups in total. The number of carbonyl (C=O) groups is 2. The van der Waals surface area contributed by atoms with Gasteiger partial charge in [0.2, 0.25) is 0 Å². The molecule has 5 nitrogen and oxygen atoms in total. The van der Waals surface area contributed by atoms with Crippen LogP contribution in [0.15, 0.2) is 0 Å². The Balaban J connectivity index is 3.16. The van der Waals surface area contributed by atoms with Gasteiger partial charge in [0.25, 0.3) is 0 Å². The summed E-state index contributed by atoms with van der Waals surface area (Å²) in [5.74, 6) is -0.347. The number of halogens is 1. The van der Waals surface area contributed by atoms with Gasteiger partial charge in [0.1, 0.15) is 11.1 Å². The first-order chi connectivity index (χ1) is 8.97. The van der Waals surface area contributed by atoms with Crippen LogP contribution in [0.1, 0.15) is 54.4 Å². The summed E-state index contributed by atoms with van der Waals surface area (Å²) in [4.78, 5) is 26.2. The van der Waals surface area contributed by atoms with Crippen molar-refractivity contribution in [2.45, 2.75) is 65.5 Å². The Morgan fingerprint density at radius 2 is 1.85 bits per heavy atom. The maximum atomic E-state index is 12.7. The lowest BCUT2D eigenvalue weighted by Gasteiger charge is -2.36. The van der Waals surface area contributed by atoms with Gasteiger partial charge in [-0.1, -0.05) is 20.8 Å². The zero-order chi connectivity index (χ0) is 15.8. The average Bonchev–Trinajstić information content (AvgIpc) is 2.58. The number of likely N-dealkylation sites (tertiary alicyclic amines) is 1. The van der Waals surface area contributed by atoms with Crippen molar-refractivity contribution >= 4 is 35.1 Å². The largest absolute Gasteiger partial charge is 0.458 e. The number of rotatable bonds is 2. The van der Waals surface area contributed by atoms with Crippen LogP contribution in [0.25, 0.3) is 0 Å². The van der Waals surface area contributed by atoms with E-state index in [2.05, 4.69) is 0 Å². The van der Waals surface area contributed by atoms with Crippen LogP contribution in [0.2, 0.25) is 0 Å². The third-order valence-electron chi connectivity index (χ3n) is 3.52. The lowest BCUT2D eigenvalue weighted by atomic mass is 9.82. The second kappa shape index (κ2) is 5.69. The standard InChI is InChI=1S/C14H24INO4/c1-7-14(10(17)19-12(2,3)4)8-13(5,6)9-16(14)11(18)20-15/h7-9H2,1-6H3. The molecule has 1 unspecified atom stereocenters. The quantitative estimate of drug-likeness (QED) is 0.527. The number of nitrogens with zero attached hydrogens (tertiary/aromatic N) is 1. The second-order valence-corrected chi connectivity index (χ2v) is 7.60. The monoisotopic (exact) mass is 397 g/mol. The molecule has 0 aliphatic carbocycles. The van der Waals surface area contributed by atoms with Gasteiger partial charge in [-0.05, 0) is 39.0 Å². The van der Waals surface area contributed by atoms with Crippen LogP contribution in [0.3, 0.4) is 0 Å². The fraction of sp³-hybridized carbons (Fsp3) is 0.857. The van der Waals surface area contributed by atoms with Crippen molar-refractivity contribution < 1.29 is 17.4 Å². The molecule has 1 heterocycles. The van der Waals surface area contributed by atoms with Crippen LogP contribution in [0.5, 0.6) is 0 Å². The Kier molecular flexibility index (Phi) is 4.99. The molecule has 6 heteroatoms. The van der Waals surface area contributed by atoms with E-state index in [9.17, 15) is 9.59 Å².